The lowest BCUT2D eigenvalue weighted by molar-refractivity contribution is -0.143. The molecule has 26 heavy (non-hydrogen) atoms. The van der Waals surface area contributed by atoms with Crippen LogP contribution in [0.5, 0.6) is 0 Å². The van der Waals surface area contributed by atoms with Gasteiger partial charge in [0.1, 0.15) is 0 Å². The molecule has 0 unspecified atom stereocenters. The van der Waals surface area contributed by atoms with E-state index in [1.165, 1.54) is 12.8 Å². The number of hydrogen-bond acceptors (Lipinski definition) is 3. The predicted octanol–water partition coefficient (Wildman–Crippen LogP) is 3.42. The van der Waals surface area contributed by atoms with E-state index in [0.717, 1.165) is 50.8 Å². The van der Waals surface area contributed by atoms with E-state index in [1.54, 1.807) is 6.20 Å². The largest absolute Gasteiger partial charge is 0.342 e. The molecule has 1 aliphatic heterocycles. The number of pyridine rings is 1. The number of likely N-dealkylation sites (tertiary alicyclic amines) is 1. The first-order valence-corrected chi connectivity index (χ1v) is 10.1. The second-order valence-electron chi connectivity index (χ2n) is 7.74. The van der Waals surface area contributed by atoms with Crippen molar-refractivity contribution in [3.8, 4) is 0 Å². The lowest BCUT2D eigenvalue weighted by Crippen LogP contribution is -2.45. The molecular formula is C21H31N3O2. The Kier molecular flexibility index (Phi) is 6.28. The summed E-state index contributed by atoms with van der Waals surface area (Å²) in [5.41, 5.74) is 1.08. The number of hydrogen-bond donors (Lipinski definition) is 0. The van der Waals surface area contributed by atoms with Crippen molar-refractivity contribution >= 4 is 11.8 Å². The summed E-state index contributed by atoms with van der Waals surface area (Å²) in [5.74, 6) is 0.788. The molecule has 1 saturated heterocycles. The van der Waals surface area contributed by atoms with Gasteiger partial charge < -0.3 is 9.80 Å². The van der Waals surface area contributed by atoms with E-state index < -0.39 is 0 Å². The second-order valence-corrected chi connectivity index (χ2v) is 7.74. The molecule has 0 N–H and O–H groups in total. The Morgan fingerprint density at radius 2 is 1.88 bits per heavy atom. The summed E-state index contributed by atoms with van der Waals surface area (Å²) in [4.78, 5) is 33.7. The Hall–Kier alpha value is -1.91. The van der Waals surface area contributed by atoms with E-state index >= 15 is 0 Å². The van der Waals surface area contributed by atoms with Crippen molar-refractivity contribution in [2.75, 3.05) is 20.1 Å². The van der Waals surface area contributed by atoms with Gasteiger partial charge in [0, 0.05) is 44.4 Å². The quantitative estimate of drug-likeness (QED) is 0.811. The van der Waals surface area contributed by atoms with Gasteiger partial charge >= 0.3 is 0 Å². The summed E-state index contributed by atoms with van der Waals surface area (Å²) in [5, 5.41) is 0. The maximum absolute atomic E-state index is 13.0. The van der Waals surface area contributed by atoms with Crippen molar-refractivity contribution in [1.82, 2.24) is 14.8 Å². The Balaban J connectivity index is 1.56. The molecule has 1 aliphatic carbocycles. The molecule has 0 radical (unpaired) electrons. The fourth-order valence-electron chi connectivity index (χ4n) is 4.53. The van der Waals surface area contributed by atoms with Gasteiger partial charge in [-0.2, -0.15) is 0 Å². The average molecular weight is 357 g/mol. The van der Waals surface area contributed by atoms with Crippen LogP contribution in [0.4, 0.5) is 0 Å². The van der Waals surface area contributed by atoms with E-state index in [0.29, 0.717) is 5.91 Å². The van der Waals surface area contributed by atoms with Gasteiger partial charge in [0.15, 0.2) is 0 Å². The first-order valence-electron chi connectivity index (χ1n) is 10.1. The monoisotopic (exact) mass is 357 g/mol. The zero-order chi connectivity index (χ0) is 18.5. The molecule has 1 saturated carbocycles. The molecule has 0 bridgehead atoms. The topological polar surface area (TPSA) is 53.5 Å². The minimum absolute atomic E-state index is 0.0262. The van der Waals surface area contributed by atoms with Crippen LogP contribution in [0.15, 0.2) is 24.5 Å². The Morgan fingerprint density at radius 1 is 1.19 bits per heavy atom. The highest BCUT2D eigenvalue weighted by Crippen LogP contribution is 2.30. The molecule has 1 atom stereocenters. The Bertz CT molecular complexity index is 605. The molecule has 5 nitrogen and oxygen atoms in total. The van der Waals surface area contributed by atoms with Crippen LogP contribution in [-0.2, 0) is 9.59 Å². The molecule has 0 aromatic carbocycles. The second kappa shape index (κ2) is 8.65. The molecule has 2 aliphatic rings. The summed E-state index contributed by atoms with van der Waals surface area (Å²) in [7, 11) is 1.90. The summed E-state index contributed by atoms with van der Waals surface area (Å²) >= 11 is 0. The van der Waals surface area contributed by atoms with Crippen LogP contribution in [0.25, 0.3) is 0 Å². The van der Waals surface area contributed by atoms with E-state index in [4.69, 9.17) is 0 Å². The van der Waals surface area contributed by atoms with Gasteiger partial charge in [0.05, 0.1) is 6.04 Å². The fraction of sp³-hybridized carbons (Fsp3) is 0.667. The van der Waals surface area contributed by atoms with Crippen LogP contribution in [0.2, 0.25) is 0 Å². The van der Waals surface area contributed by atoms with Crippen LogP contribution in [0.1, 0.15) is 63.5 Å². The van der Waals surface area contributed by atoms with Gasteiger partial charge in [0.25, 0.3) is 0 Å². The molecule has 1 aromatic heterocycles. The zero-order valence-electron chi connectivity index (χ0n) is 16.1. The Labute approximate surface area is 156 Å². The first-order chi connectivity index (χ1) is 12.6. The SMILES string of the molecule is CC[C@H](c1cccnc1)N(C)C(=O)C1CCN(C(=O)C2CCCC2)CC1. The van der Waals surface area contributed by atoms with Crippen LogP contribution >= 0.6 is 0 Å². The molecule has 142 valence electrons. The summed E-state index contributed by atoms with van der Waals surface area (Å²) in [6, 6.07) is 4.02. The van der Waals surface area contributed by atoms with Crippen LogP contribution in [0.3, 0.4) is 0 Å². The van der Waals surface area contributed by atoms with Crippen molar-refractivity contribution in [3.05, 3.63) is 30.1 Å². The number of nitrogens with zero attached hydrogens (tertiary/aromatic N) is 3. The van der Waals surface area contributed by atoms with Gasteiger partial charge in [-0.15, -0.1) is 0 Å². The third kappa shape index (κ3) is 4.08. The normalized spacial score (nSPS) is 20.2. The maximum atomic E-state index is 13.0. The van der Waals surface area contributed by atoms with E-state index in [9.17, 15) is 9.59 Å². The lowest BCUT2D eigenvalue weighted by Gasteiger charge is -2.36. The first kappa shape index (κ1) is 18.9. The smallest absolute Gasteiger partial charge is 0.226 e. The van der Waals surface area contributed by atoms with Crippen molar-refractivity contribution < 1.29 is 9.59 Å². The Morgan fingerprint density at radius 3 is 2.46 bits per heavy atom. The summed E-state index contributed by atoms with van der Waals surface area (Å²) < 4.78 is 0. The third-order valence-corrected chi connectivity index (χ3v) is 6.13. The lowest BCUT2D eigenvalue weighted by atomic mass is 9.93. The number of aromatic nitrogens is 1. The number of rotatable bonds is 5. The van der Waals surface area contributed by atoms with Crippen molar-refractivity contribution in [2.24, 2.45) is 11.8 Å². The molecule has 2 fully saturated rings. The molecule has 2 amide bonds. The van der Waals surface area contributed by atoms with Gasteiger partial charge in [-0.25, -0.2) is 0 Å². The third-order valence-electron chi connectivity index (χ3n) is 6.13. The summed E-state index contributed by atoms with van der Waals surface area (Å²) in [6.45, 7) is 3.55. The molecular weight excluding hydrogens is 326 g/mol. The van der Waals surface area contributed by atoms with Crippen LogP contribution < -0.4 is 0 Å². The highest BCUT2D eigenvalue weighted by molar-refractivity contribution is 5.81. The minimum Gasteiger partial charge on any atom is -0.342 e. The average Bonchev–Trinajstić information content (AvgIpc) is 3.23. The zero-order valence-corrected chi connectivity index (χ0v) is 16.1. The molecule has 5 heteroatoms. The standard InChI is InChI=1S/C21H31N3O2/c1-3-19(18-9-6-12-22-15-18)23(2)20(25)17-10-13-24(14-11-17)21(26)16-7-4-5-8-16/h6,9,12,15-17,19H,3-5,7-8,10-11,13-14H2,1-2H3/t19-/m1/s1. The number of piperidine rings is 1. The van der Waals surface area contributed by atoms with Gasteiger partial charge in [-0.1, -0.05) is 25.8 Å². The van der Waals surface area contributed by atoms with Crippen LogP contribution in [-0.4, -0.2) is 46.7 Å². The predicted molar refractivity (Wildman–Crippen MR) is 101 cm³/mol. The molecule has 0 spiro atoms. The molecule has 3 rings (SSSR count). The van der Waals surface area contributed by atoms with Crippen molar-refractivity contribution in [2.45, 2.75) is 57.9 Å². The summed E-state index contributed by atoms with van der Waals surface area (Å²) in [6.07, 6.45) is 10.5. The minimum atomic E-state index is 0.0262. The fourth-order valence-corrected chi connectivity index (χ4v) is 4.53. The number of amides is 2. The van der Waals surface area contributed by atoms with Gasteiger partial charge in [-0.3, -0.25) is 14.6 Å². The van der Waals surface area contributed by atoms with Crippen LogP contribution in [0, 0.1) is 11.8 Å². The molecule has 1 aromatic rings. The van der Waals surface area contributed by atoms with Crippen molar-refractivity contribution in [3.63, 3.8) is 0 Å². The maximum Gasteiger partial charge on any atom is 0.226 e. The van der Waals surface area contributed by atoms with E-state index in [-0.39, 0.29) is 23.8 Å². The van der Waals surface area contributed by atoms with Gasteiger partial charge in [-0.05, 0) is 43.7 Å². The van der Waals surface area contributed by atoms with Gasteiger partial charge in [0.2, 0.25) is 11.8 Å². The highest BCUT2D eigenvalue weighted by atomic mass is 16.2. The highest BCUT2D eigenvalue weighted by Gasteiger charge is 2.34. The van der Waals surface area contributed by atoms with E-state index in [1.807, 2.05) is 35.2 Å². The molecule has 2 heterocycles. The number of carbonyl (C=O) groups excluding carboxylic acids is 2. The van der Waals surface area contributed by atoms with E-state index in [2.05, 4.69) is 11.9 Å². The number of carbonyl (C=O) groups is 2. The van der Waals surface area contributed by atoms with Crippen molar-refractivity contribution in [1.29, 1.82) is 0 Å².